The Morgan fingerprint density at radius 2 is 1.53 bits per heavy atom. The number of alkyl halides is 7. The summed E-state index contributed by atoms with van der Waals surface area (Å²) in [7, 11) is 0. The maximum Gasteiger partial charge on any atom is 1.00 e. The number of fused-ring (bicyclic) bond motifs is 4. The molecule has 8 atom stereocenters. The molecule has 5 aliphatic rings. The molecule has 0 aromatic heterocycles. The minimum Gasteiger partial charge on any atom is -0.406 e. The zero-order valence-electron chi connectivity index (χ0n) is 30.8. The molecule has 4 aliphatic carbocycles. The van der Waals surface area contributed by atoms with Crippen LogP contribution in [0.15, 0.2) is 48.5 Å². The van der Waals surface area contributed by atoms with Crippen molar-refractivity contribution in [3.8, 4) is 23.8 Å². The second-order valence-electron chi connectivity index (χ2n) is 15.5. The average molecular weight is 774 g/mol. The van der Waals surface area contributed by atoms with E-state index in [1.807, 2.05) is 0 Å². The standard InChI is InChI=1S/C36H42F7N2O2.C5H7.K/c1-3-20-45-21-26-27(32(2)18-5-4-6-30(32)45)17-19-33-28(26)15-16-29(33)34(33,37)44-31(22-7-11-24(12-8-22)46-35(38,39)40)23-9-13-25(14-10-23)47-36(41,42)43;1-3-5-4-2;/h4,7-14,26-31,44H,3,5-6,15-21H2,1-2H3;1H,2,4-5H2;/q2*-1;+1/t26?,27?,28?,29?,30?,32-,33-,34?;;/m1../s1. The summed E-state index contributed by atoms with van der Waals surface area (Å²) in [6, 6.07) is 10.2. The van der Waals surface area contributed by atoms with Crippen LogP contribution in [0.2, 0.25) is 0 Å². The molecule has 7 rings (SSSR count). The van der Waals surface area contributed by atoms with Crippen LogP contribution in [0.4, 0.5) is 30.7 Å². The van der Waals surface area contributed by atoms with E-state index in [2.05, 4.69) is 52.8 Å². The van der Waals surface area contributed by atoms with Crippen LogP contribution in [0, 0.1) is 60.2 Å². The maximum atomic E-state index is 17.7. The fourth-order valence-corrected chi connectivity index (χ4v) is 11.0. The van der Waals surface area contributed by atoms with Crippen LogP contribution in [-0.4, -0.2) is 42.5 Å². The van der Waals surface area contributed by atoms with E-state index in [1.165, 1.54) is 48.5 Å². The predicted molar refractivity (Wildman–Crippen MR) is 185 cm³/mol. The number of halogens is 7. The van der Waals surface area contributed by atoms with Crippen LogP contribution in [-0.2, 0) is 0 Å². The molecule has 0 amide bonds. The Kier molecular flexibility index (Phi) is 13.4. The van der Waals surface area contributed by atoms with Gasteiger partial charge in [0.15, 0.2) is 5.79 Å². The fourth-order valence-electron chi connectivity index (χ4n) is 11.0. The molecule has 12 heteroatoms. The molecule has 5 fully saturated rings. The van der Waals surface area contributed by atoms with Gasteiger partial charge in [-0.15, -0.1) is 38.7 Å². The van der Waals surface area contributed by atoms with E-state index in [1.54, 1.807) is 0 Å². The summed E-state index contributed by atoms with van der Waals surface area (Å²) in [4.78, 5) is 2.68. The van der Waals surface area contributed by atoms with Crippen LogP contribution in [0.1, 0.15) is 95.2 Å². The van der Waals surface area contributed by atoms with Crippen molar-refractivity contribution in [1.82, 2.24) is 10.2 Å². The Morgan fingerprint density at radius 3 is 2.02 bits per heavy atom. The third kappa shape index (κ3) is 8.52. The molecule has 6 unspecified atom stereocenters. The van der Waals surface area contributed by atoms with Crippen LogP contribution in [0.25, 0.3) is 0 Å². The number of unbranched alkanes of at least 4 members (excludes halogenated alkanes) is 1. The topological polar surface area (TPSA) is 33.7 Å². The normalized spacial score (nSPS) is 33.1. The molecule has 4 nitrogen and oxygen atoms in total. The van der Waals surface area contributed by atoms with E-state index in [-0.39, 0.29) is 68.6 Å². The number of hydrogen-bond donors (Lipinski definition) is 1. The molecule has 1 spiro atoms. The Balaban J connectivity index is 0.000000847. The first kappa shape index (κ1) is 42.8. The van der Waals surface area contributed by atoms with Crippen LogP contribution < -0.4 is 66.2 Å². The van der Waals surface area contributed by atoms with Crippen molar-refractivity contribution in [3.63, 3.8) is 0 Å². The average Bonchev–Trinajstić information content (AvgIpc) is 3.33. The quantitative estimate of drug-likeness (QED) is 0.0937. The van der Waals surface area contributed by atoms with Crippen LogP contribution in [0.5, 0.6) is 11.5 Å². The van der Waals surface area contributed by atoms with E-state index in [4.69, 9.17) is 6.42 Å². The third-order valence-electron chi connectivity index (χ3n) is 12.9. The van der Waals surface area contributed by atoms with Gasteiger partial charge in [0, 0.05) is 17.9 Å². The van der Waals surface area contributed by atoms with Gasteiger partial charge in [0.2, 0.25) is 0 Å². The molecule has 286 valence electrons. The first-order chi connectivity index (χ1) is 24.6. The molecule has 1 saturated heterocycles. The number of rotatable bonds is 9. The summed E-state index contributed by atoms with van der Waals surface area (Å²) < 4.78 is 103. The zero-order valence-corrected chi connectivity index (χ0v) is 34.0. The largest absolute Gasteiger partial charge is 1.00 e. The number of likely N-dealkylation sites (tertiary alicyclic amines) is 1. The molecule has 1 heterocycles. The van der Waals surface area contributed by atoms with Gasteiger partial charge < -0.3 is 27.7 Å². The fraction of sp³-hybridized carbons (Fsp3) is 0.610. The minimum absolute atomic E-state index is 0. The molecule has 2 aromatic carbocycles. The van der Waals surface area contributed by atoms with Gasteiger partial charge in [-0.3, -0.25) is 5.32 Å². The van der Waals surface area contributed by atoms with Gasteiger partial charge >= 0.3 is 64.1 Å². The Bertz CT molecular complexity index is 1500. The van der Waals surface area contributed by atoms with E-state index in [0.29, 0.717) is 29.0 Å². The van der Waals surface area contributed by atoms with Crippen molar-refractivity contribution in [2.24, 2.45) is 34.5 Å². The van der Waals surface area contributed by atoms with Gasteiger partial charge in [-0.25, -0.2) is 4.39 Å². The number of hydrogen-bond acceptors (Lipinski definition) is 4. The Morgan fingerprint density at radius 1 is 0.943 bits per heavy atom. The van der Waals surface area contributed by atoms with Crippen LogP contribution >= 0.6 is 0 Å². The molecule has 0 bridgehead atoms. The van der Waals surface area contributed by atoms with Gasteiger partial charge in [-0.05, 0) is 110 Å². The van der Waals surface area contributed by atoms with Crippen molar-refractivity contribution in [1.29, 1.82) is 0 Å². The maximum absolute atomic E-state index is 17.7. The first-order valence-electron chi connectivity index (χ1n) is 18.6. The van der Waals surface area contributed by atoms with Crippen molar-refractivity contribution >= 4 is 0 Å². The van der Waals surface area contributed by atoms with Gasteiger partial charge in [0.25, 0.3) is 0 Å². The minimum atomic E-state index is -4.87. The summed E-state index contributed by atoms with van der Waals surface area (Å²) in [6.45, 7) is 10.2. The zero-order chi connectivity index (χ0) is 37.5. The van der Waals surface area contributed by atoms with E-state index in [9.17, 15) is 26.3 Å². The number of piperidine rings is 1. The Labute approximate surface area is 352 Å². The predicted octanol–water partition coefficient (Wildman–Crippen LogP) is 7.61. The number of ether oxygens (including phenoxy) is 2. The summed E-state index contributed by atoms with van der Waals surface area (Å²) in [5.74, 6) is 0.835. The second kappa shape index (κ2) is 16.6. The monoisotopic (exact) mass is 773 g/mol. The van der Waals surface area contributed by atoms with Gasteiger partial charge in [-0.2, -0.15) is 19.3 Å². The smallest absolute Gasteiger partial charge is 0.406 e. The number of nitrogens with one attached hydrogen (secondary N) is 1. The third-order valence-corrected chi connectivity index (χ3v) is 12.9. The van der Waals surface area contributed by atoms with Crippen molar-refractivity contribution < 1.29 is 91.6 Å². The van der Waals surface area contributed by atoms with E-state index >= 15 is 4.39 Å². The second-order valence-corrected chi connectivity index (χ2v) is 15.5. The van der Waals surface area contributed by atoms with Crippen molar-refractivity contribution in [3.05, 3.63) is 73.0 Å². The molecule has 0 radical (unpaired) electrons. The number of benzene rings is 2. The van der Waals surface area contributed by atoms with Gasteiger partial charge in [-0.1, -0.05) is 44.5 Å². The van der Waals surface area contributed by atoms with Crippen molar-refractivity contribution in [2.45, 2.75) is 109 Å². The summed E-state index contributed by atoms with van der Waals surface area (Å²) >= 11 is 0. The molecule has 4 saturated carbocycles. The summed E-state index contributed by atoms with van der Waals surface area (Å²) in [6.07, 6.45) is 7.13. The molecule has 1 aliphatic heterocycles. The molecule has 2 aromatic rings. The van der Waals surface area contributed by atoms with Crippen LogP contribution in [0.3, 0.4) is 0 Å². The van der Waals surface area contributed by atoms with E-state index < -0.39 is 41.5 Å². The van der Waals surface area contributed by atoms with Crippen molar-refractivity contribution in [2.75, 3.05) is 13.1 Å². The SMILES string of the molecule is C#CCC[CH2-].CCCN1CC2C(CC[C@@]34C2CCC3C4(F)NC(c2ccc(OC(F)(F)F)cc2)c2ccc(OC(F)(F)F)cc2)[C@@]2(C)CC[CH-]CC12.[K+]. The molecule has 53 heavy (non-hydrogen) atoms. The summed E-state index contributed by atoms with van der Waals surface area (Å²) in [5.41, 5.74) is 0.602. The number of nitrogens with zero attached hydrogens (tertiary/aromatic N) is 1. The first-order valence-corrected chi connectivity index (χ1v) is 18.6. The Hall–Kier alpha value is -1.33. The molecular formula is C41H49F7KN2O2-. The number of terminal acetylenes is 1. The van der Waals surface area contributed by atoms with Gasteiger partial charge in [0.05, 0.1) is 6.04 Å². The molecule has 1 N–H and O–H groups in total. The summed E-state index contributed by atoms with van der Waals surface area (Å²) in [5, 5.41) is 3.31. The molecular weight excluding hydrogens is 725 g/mol. The van der Waals surface area contributed by atoms with E-state index in [0.717, 1.165) is 77.3 Å². The van der Waals surface area contributed by atoms with Gasteiger partial charge in [0.1, 0.15) is 11.5 Å².